The van der Waals surface area contributed by atoms with Crippen molar-refractivity contribution in [2.75, 3.05) is 4.90 Å². The van der Waals surface area contributed by atoms with E-state index in [1.165, 1.54) is 4.90 Å². The lowest BCUT2D eigenvalue weighted by atomic mass is 9.96. The van der Waals surface area contributed by atoms with Crippen LogP contribution in [0.2, 0.25) is 0 Å². The fourth-order valence-electron chi connectivity index (χ4n) is 2.90. The van der Waals surface area contributed by atoms with E-state index >= 15 is 0 Å². The molecule has 0 aromatic heterocycles. The normalized spacial score (nSPS) is 26.3. The van der Waals surface area contributed by atoms with Crippen LogP contribution in [0.3, 0.4) is 0 Å². The fourth-order valence-corrected chi connectivity index (χ4v) is 2.90. The van der Waals surface area contributed by atoms with Crippen molar-refractivity contribution in [3.63, 3.8) is 0 Å². The van der Waals surface area contributed by atoms with E-state index in [2.05, 4.69) is 0 Å². The molecule has 1 aromatic carbocycles. The molecule has 1 saturated heterocycles. The summed E-state index contributed by atoms with van der Waals surface area (Å²) in [5.74, 6) is -0.369. The van der Waals surface area contributed by atoms with Gasteiger partial charge in [-0.3, -0.25) is 9.59 Å². The maximum atomic E-state index is 12.3. The van der Waals surface area contributed by atoms with Crippen LogP contribution in [0.15, 0.2) is 24.3 Å². The number of rotatable bonds is 1. The lowest BCUT2D eigenvalue weighted by molar-refractivity contribution is -0.133. The number of anilines is 1. The molecule has 2 atom stereocenters. The molecule has 4 nitrogen and oxygen atoms in total. The van der Waals surface area contributed by atoms with E-state index in [4.69, 9.17) is 5.26 Å². The Balaban J connectivity index is 2.08. The summed E-state index contributed by atoms with van der Waals surface area (Å²) in [5.41, 5.74) is 0.812. The van der Waals surface area contributed by atoms with Crippen LogP contribution in [0.4, 0.5) is 5.69 Å². The van der Waals surface area contributed by atoms with Gasteiger partial charge in [0.15, 0.2) is 0 Å². The summed E-state index contributed by atoms with van der Waals surface area (Å²) in [5, 5.41) is 9.07. The van der Waals surface area contributed by atoms with E-state index in [1.807, 2.05) is 6.07 Å². The van der Waals surface area contributed by atoms with E-state index in [0.29, 0.717) is 17.7 Å². The Morgan fingerprint density at radius 3 is 2.33 bits per heavy atom. The topological polar surface area (TPSA) is 61.2 Å². The molecular formula is C14H12N2O2. The van der Waals surface area contributed by atoms with Crippen molar-refractivity contribution in [2.24, 2.45) is 11.8 Å². The summed E-state index contributed by atoms with van der Waals surface area (Å²) in [4.78, 5) is 25.7. The Morgan fingerprint density at radius 1 is 1.11 bits per heavy atom. The second kappa shape index (κ2) is 3.95. The first-order chi connectivity index (χ1) is 8.72. The molecule has 2 amide bonds. The molecule has 90 valence electrons. The van der Waals surface area contributed by atoms with Crippen molar-refractivity contribution >= 4 is 17.5 Å². The number of para-hydroxylation sites is 1. The SMILES string of the molecule is N#Cc1ccccc1N1C(=O)C2CCC(C2)C1=O. The summed E-state index contributed by atoms with van der Waals surface area (Å²) in [6.45, 7) is 0. The summed E-state index contributed by atoms with van der Waals surface area (Å²) in [6, 6.07) is 8.81. The molecule has 2 fully saturated rings. The van der Waals surface area contributed by atoms with Crippen molar-refractivity contribution in [2.45, 2.75) is 19.3 Å². The van der Waals surface area contributed by atoms with Gasteiger partial charge in [0, 0.05) is 11.8 Å². The molecule has 0 spiro atoms. The molecule has 0 radical (unpaired) electrons. The Morgan fingerprint density at radius 2 is 1.72 bits per heavy atom. The van der Waals surface area contributed by atoms with Gasteiger partial charge in [-0.2, -0.15) is 5.26 Å². The maximum Gasteiger partial charge on any atom is 0.236 e. The molecule has 2 bridgehead atoms. The quantitative estimate of drug-likeness (QED) is 0.704. The predicted octanol–water partition coefficient (Wildman–Crippen LogP) is 1.85. The van der Waals surface area contributed by atoms with Crippen molar-refractivity contribution in [1.82, 2.24) is 0 Å². The van der Waals surface area contributed by atoms with Gasteiger partial charge in [-0.15, -0.1) is 0 Å². The molecule has 2 unspecified atom stereocenters. The minimum atomic E-state index is -0.142. The van der Waals surface area contributed by atoms with Gasteiger partial charge in [0.25, 0.3) is 0 Å². The number of nitriles is 1. The van der Waals surface area contributed by atoms with Crippen molar-refractivity contribution < 1.29 is 9.59 Å². The van der Waals surface area contributed by atoms with E-state index in [-0.39, 0.29) is 23.7 Å². The molecule has 1 heterocycles. The van der Waals surface area contributed by atoms with Gasteiger partial charge < -0.3 is 0 Å². The number of amides is 2. The summed E-state index contributed by atoms with van der Waals surface area (Å²) in [6.07, 6.45) is 2.27. The monoisotopic (exact) mass is 240 g/mol. The highest BCUT2D eigenvalue weighted by Gasteiger charge is 2.46. The summed E-state index contributed by atoms with van der Waals surface area (Å²) in [7, 11) is 0. The van der Waals surface area contributed by atoms with Crippen molar-refractivity contribution in [1.29, 1.82) is 5.26 Å². The molecule has 2 aliphatic rings. The molecule has 1 aliphatic carbocycles. The average molecular weight is 240 g/mol. The number of carbonyl (C=O) groups excluding carboxylic acids is 2. The van der Waals surface area contributed by atoms with E-state index in [9.17, 15) is 9.59 Å². The minimum absolute atomic E-state index is 0.0422. The number of hydrogen-bond acceptors (Lipinski definition) is 3. The third-order valence-corrected chi connectivity index (χ3v) is 3.84. The molecular weight excluding hydrogens is 228 g/mol. The van der Waals surface area contributed by atoms with E-state index in [0.717, 1.165) is 12.8 Å². The number of benzene rings is 1. The van der Waals surface area contributed by atoms with Gasteiger partial charge in [-0.05, 0) is 31.4 Å². The molecule has 1 aliphatic heterocycles. The molecule has 18 heavy (non-hydrogen) atoms. The first kappa shape index (κ1) is 11.0. The molecule has 3 rings (SSSR count). The lowest BCUT2D eigenvalue weighted by Crippen LogP contribution is -2.46. The van der Waals surface area contributed by atoms with Crippen LogP contribution in [0.25, 0.3) is 0 Å². The Hall–Kier alpha value is -2.15. The molecule has 0 N–H and O–H groups in total. The van der Waals surface area contributed by atoms with Gasteiger partial charge >= 0.3 is 0 Å². The van der Waals surface area contributed by atoms with Crippen LogP contribution in [0, 0.1) is 23.2 Å². The molecule has 1 aromatic rings. The first-order valence-corrected chi connectivity index (χ1v) is 6.09. The Labute approximate surface area is 105 Å². The highest BCUT2D eigenvalue weighted by molar-refractivity contribution is 6.19. The number of hydrogen-bond donors (Lipinski definition) is 0. The minimum Gasteiger partial charge on any atom is -0.274 e. The van der Waals surface area contributed by atoms with Gasteiger partial charge in [-0.1, -0.05) is 12.1 Å². The number of fused-ring (bicyclic) bond motifs is 2. The van der Waals surface area contributed by atoms with Crippen LogP contribution >= 0.6 is 0 Å². The van der Waals surface area contributed by atoms with Gasteiger partial charge in [0.2, 0.25) is 11.8 Å². The van der Waals surface area contributed by atoms with Crippen LogP contribution in [-0.4, -0.2) is 11.8 Å². The zero-order chi connectivity index (χ0) is 12.7. The van der Waals surface area contributed by atoms with Gasteiger partial charge in [0.05, 0.1) is 11.3 Å². The summed E-state index contributed by atoms with van der Waals surface area (Å²) >= 11 is 0. The fraction of sp³-hybridized carbons (Fsp3) is 0.357. The smallest absolute Gasteiger partial charge is 0.236 e. The zero-order valence-electron chi connectivity index (χ0n) is 9.80. The molecule has 4 heteroatoms. The van der Waals surface area contributed by atoms with Gasteiger partial charge in [0.1, 0.15) is 6.07 Å². The van der Waals surface area contributed by atoms with Crippen LogP contribution < -0.4 is 4.90 Å². The molecule has 1 saturated carbocycles. The Kier molecular flexibility index (Phi) is 2.41. The largest absolute Gasteiger partial charge is 0.274 e. The Bertz CT molecular complexity index is 551. The van der Waals surface area contributed by atoms with E-state index in [1.54, 1.807) is 24.3 Å². The second-order valence-electron chi connectivity index (χ2n) is 4.85. The number of piperidine rings is 1. The standard InChI is InChI=1S/C14H12N2O2/c15-8-11-3-1-2-4-12(11)16-13(17)9-5-6-10(7-9)14(16)18/h1-4,9-10H,5-7H2. The highest BCUT2D eigenvalue weighted by Crippen LogP contribution is 2.40. The second-order valence-corrected chi connectivity index (χ2v) is 4.85. The highest BCUT2D eigenvalue weighted by atomic mass is 16.2. The lowest BCUT2D eigenvalue weighted by Gasteiger charge is -2.30. The third-order valence-electron chi connectivity index (χ3n) is 3.84. The average Bonchev–Trinajstić information content (AvgIpc) is 2.84. The van der Waals surface area contributed by atoms with Gasteiger partial charge in [-0.25, -0.2) is 4.90 Å². The van der Waals surface area contributed by atoms with E-state index < -0.39 is 0 Å². The van der Waals surface area contributed by atoms with Crippen LogP contribution in [0.5, 0.6) is 0 Å². The zero-order valence-corrected chi connectivity index (χ0v) is 9.80. The third kappa shape index (κ3) is 1.44. The number of imide groups is 1. The number of carbonyl (C=O) groups is 2. The van der Waals surface area contributed by atoms with Crippen LogP contribution in [0.1, 0.15) is 24.8 Å². The number of nitrogens with zero attached hydrogens (tertiary/aromatic N) is 2. The van der Waals surface area contributed by atoms with Crippen molar-refractivity contribution in [3.8, 4) is 6.07 Å². The first-order valence-electron chi connectivity index (χ1n) is 6.09. The van der Waals surface area contributed by atoms with Crippen LogP contribution in [-0.2, 0) is 9.59 Å². The van der Waals surface area contributed by atoms with Crippen molar-refractivity contribution in [3.05, 3.63) is 29.8 Å². The summed E-state index contributed by atoms with van der Waals surface area (Å²) < 4.78 is 0. The maximum absolute atomic E-state index is 12.3. The predicted molar refractivity (Wildman–Crippen MR) is 64.5 cm³/mol.